The van der Waals surface area contributed by atoms with Gasteiger partial charge in [0.1, 0.15) is 34.3 Å². The monoisotopic (exact) mass is 926 g/mol. The number of quaternary nitrogens is 1. The number of rotatable bonds is 5. The first kappa shape index (κ1) is 49.1. The van der Waals surface area contributed by atoms with Crippen LogP contribution >= 0.6 is 0 Å². The average molecular weight is 927 g/mol. The van der Waals surface area contributed by atoms with Gasteiger partial charge in [0, 0.05) is 86.0 Å². The lowest BCUT2D eigenvalue weighted by Gasteiger charge is -2.38. The molecule has 0 saturated carbocycles. The molecule has 1 aromatic heterocycles. The number of Topliss-reactive ketones (excluding diaryl/α,β-unsaturated/α-hetero) is 1. The normalized spacial score (nSPS) is 30.4. The average Bonchev–Trinajstić information content (AvgIpc) is 3.55. The van der Waals surface area contributed by atoms with E-state index in [0.29, 0.717) is 23.8 Å². The summed E-state index contributed by atoms with van der Waals surface area (Å²) >= 11 is 0. The number of ketones is 1. The van der Waals surface area contributed by atoms with E-state index >= 15 is 0 Å². The van der Waals surface area contributed by atoms with Crippen molar-refractivity contribution < 1.29 is 62.3 Å². The van der Waals surface area contributed by atoms with E-state index in [-0.39, 0.29) is 55.6 Å². The lowest BCUT2D eigenvalue weighted by Crippen LogP contribution is -2.46. The van der Waals surface area contributed by atoms with Gasteiger partial charge in [0.25, 0.3) is 11.7 Å². The molecule has 1 amide bonds. The fourth-order valence-corrected chi connectivity index (χ4v) is 9.58. The summed E-state index contributed by atoms with van der Waals surface area (Å²) < 4.78 is 37.7. The second-order valence-corrected chi connectivity index (χ2v) is 19.5. The summed E-state index contributed by atoms with van der Waals surface area (Å²) in [6.07, 6.45) is 5.71. The number of ether oxygens (including phenoxy) is 5. The Labute approximate surface area is 389 Å². The summed E-state index contributed by atoms with van der Waals surface area (Å²) in [7, 11) is 5.89. The Balaban J connectivity index is 1.39. The van der Waals surface area contributed by atoms with Gasteiger partial charge in [-0.2, -0.15) is 0 Å². The summed E-state index contributed by atoms with van der Waals surface area (Å²) in [5, 5.41) is 37.6. The molecule has 0 aliphatic carbocycles. The van der Waals surface area contributed by atoms with Gasteiger partial charge in [0.2, 0.25) is 0 Å². The van der Waals surface area contributed by atoms with Crippen LogP contribution in [0.3, 0.4) is 0 Å². The standard InChI is InChI=1S/C51H63N3O13/c1-25-13-12-14-26(2)50(61)53-41-45(59)38-37(40-48(41)66-36-23-33(15-16-34(36)52-40)63-24-32-17-20-54(9,10)21-18-32)39-47(30(6)44(38)58)67-51(8,49(39)60)64-22-19-35(62-11)27(3)46(65-31(7)55)29(5)43(57)28(4)42(25)56/h12-16,19,22-23,25,27-29,32,35,42-43,46,56-57H,17-18,20-21,24H2,1-11H3,(H-,52,53,58,59,60,61)/p+1/b13-12+,22-19+,26-14-/t25-,27+,28+,29+,35-,42-,43+,46+,51-/m0/s1. The van der Waals surface area contributed by atoms with E-state index in [1.54, 1.807) is 65.0 Å². The highest BCUT2D eigenvalue weighted by atomic mass is 16.7. The third-order valence-electron chi connectivity index (χ3n) is 14.1. The molecule has 0 radical (unpaired) electrons. The molecular formula is C51H64N3O13+. The Morgan fingerprint density at radius 2 is 1.69 bits per heavy atom. The number of aromatic hydroxyl groups is 1. The first-order chi connectivity index (χ1) is 31.6. The van der Waals surface area contributed by atoms with Crippen LogP contribution in [-0.2, 0) is 23.8 Å². The van der Waals surface area contributed by atoms with Crippen molar-refractivity contribution in [3.05, 3.63) is 75.7 Å². The second kappa shape index (κ2) is 19.1. The van der Waals surface area contributed by atoms with Crippen molar-refractivity contribution in [1.82, 2.24) is 4.98 Å². The zero-order chi connectivity index (χ0) is 48.9. The van der Waals surface area contributed by atoms with Crippen LogP contribution in [-0.4, -0.2) is 114 Å². The number of hydrogen-bond acceptors (Lipinski definition) is 14. The fraction of sp³-hybridized carbons (Fsp3) is 0.510. The van der Waals surface area contributed by atoms with Crippen LogP contribution in [0, 0.1) is 36.5 Å². The number of methoxy groups -OCH3 is 1. The van der Waals surface area contributed by atoms with Crippen molar-refractivity contribution >= 4 is 56.3 Å². The molecule has 4 aromatic rings. The van der Waals surface area contributed by atoms with Crippen molar-refractivity contribution in [1.29, 1.82) is 0 Å². The van der Waals surface area contributed by atoms with Crippen LogP contribution < -0.4 is 20.2 Å². The highest BCUT2D eigenvalue weighted by Crippen LogP contribution is 2.48. The van der Waals surface area contributed by atoms with Gasteiger partial charge in [-0.25, -0.2) is 4.98 Å². The maximum atomic E-state index is 14.8. The minimum atomic E-state index is -2.04. The molecule has 16 heteroatoms. The van der Waals surface area contributed by atoms with Gasteiger partial charge in [-0.05, 0) is 32.1 Å². The Bertz CT molecular complexity index is 2750. The number of phenolic OH excluding ortho intramolecular Hbond substituents is 1. The summed E-state index contributed by atoms with van der Waals surface area (Å²) in [6.45, 7) is 15.2. The van der Waals surface area contributed by atoms with Crippen LogP contribution in [0.1, 0.15) is 77.2 Å². The van der Waals surface area contributed by atoms with Crippen molar-refractivity contribution in [2.45, 2.75) is 98.4 Å². The third-order valence-corrected chi connectivity index (χ3v) is 14.1. The Hall–Kier alpha value is -5.81. The number of amides is 1. The first-order valence-electron chi connectivity index (χ1n) is 22.9. The number of nitrogens with zero attached hydrogens (tertiary/aromatic N) is 2. The minimum absolute atomic E-state index is 0.00324. The van der Waals surface area contributed by atoms with E-state index in [2.05, 4.69) is 19.4 Å². The summed E-state index contributed by atoms with van der Waals surface area (Å²) in [6, 6.07) is 5.14. The molecule has 3 aliphatic heterocycles. The first-order valence-corrected chi connectivity index (χ1v) is 22.9. The van der Waals surface area contributed by atoms with E-state index in [1.807, 2.05) is 0 Å². The summed E-state index contributed by atoms with van der Waals surface area (Å²) in [4.78, 5) is 60.6. The molecule has 67 heavy (non-hydrogen) atoms. The molecule has 1 fully saturated rings. The molecule has 4 bridgehead atoms. The number of fused-ring (bicyclic) bond motifs is 2. The Morgan fingerprint density at radius 3 is 2.36 bits per heavy atom. The van der Waals surface area contributed by atoms with Crippen LogP contribution in [0.25, 0.3) is 33.0 Å². The van der Waals surface area contributed by atoms with Gasteiger partial charge in [0.15, 0.2) is 22.3 Å². The van der Waals surface area contributed by atoms with Gasteiger partial charge in [-0.3, -0.25) is 19.2 Å². The van der Waals surface area contributed by atoms with E-state index in [1.165, 1.54) is 46.3 Å². The fourth-order valence-electron chi connectivity index (χ4n) is 9.58. The molecule has 1 saturated heterocycles. The molecule has 9 atom stereocenters. The molecule has 4 N–H and O–H groups in total. The predicted octanol–water partition coefficient (Wildman–Crippen LogP) is 6.86. The number of anilines is 1. The van der Waals surface area contributed by atoms with Gasteiger partial charge < -0.3 is 53.2 Å². The van der Waals surface area contributed by atoms with Gasteiger partial charge in [-0.1, -0.05) is 45.9 Å². The maximum absolute atomic E-state index is 14.8. The lowest BCUT2D eigenvalue weighted by molar-refractivity contribution is -0.896. The number of esters is 1. The van der Waals surface area contributed by atoms with Crippen LogP contribution in [0.2, 0.25) is 0 Å². The SMILES string of the molecule is CO[C@H]1/C=C/O[C@@]2(C)Oc3c(C)c(=O)c4c(O)c(c5oc6cc(OCC7CC[N+](C)(C)CC7)ccc6nc5c4c3C2=O)NC(=O)/C(C)=C\C=C\[C@H](C)[C@H](O)[C@@H](C)[C@@H](O)[C@@H](C)[C@H](OC(C)=O)[C@@H]1C. The van der Waals surface area contributed by atoms with Gasteiger partial charge >= 0.3 is 11.8 Å². The van der Waals surface area contributed by atoms with Crippen molar-refractivity contribution in [3.63, 3.8) is 0 Å². The number of aromatic nitrogens is 1. The molecule has 0 unspecified atom stereocenters. The zero-order valence-corrected chi connectivity index (χ0v) is 40.2. The van der Waals surface area contributed by atoms with Gasteiger partial charge in [0.05, 0.1) is 69.3 Å². The molecule has 16 nitrogen and oxygen atoms in total. The van der Waals surface area contributed by atoms with E-state index in [9.17, 15) is 34.5 Å². The third kappa shape index (κ3) is 9.54. The van der Waals surface area contributed by atoms with Crippen LogP contribution in [0.15, 0.2) is 63.6 Å². The number of benzene rings is 3. The Morgan fingerprint density at radius 1 is 0.985 bits per heavy atom. The van der Waals surface area contributed by atoms with E-state index in [4.69, 9.17) is 33.1 Å². The number of aliphatic hydroxyl groups excluding tert-OH is 2. The molecule has 0 spiro atoms. The minimum Gasteiger partial charge on any atom is -0.505 e. The number of phenols is 1. The quantitative estimate of drug-likeness (QED) is 0.0530. The number of aliphatic hydroxyl groups is 2. The lowest BCUT2D eigenvalue weighted by atomic mass is 9.78. The number of carbonyl (C=O) groups is 3. The van der Waals surface area contributed by atoms with Crippen LogP contribution in [0.5, 0.6) is 17.2 Å². The number of carbonyl (C=O) groups excluding carboxylic acids is 3. The molecule has 3 aromatic carbocycles. The summed E-state index contributed by atoms with van der Waals surface area (Å²) in [5.74, 6) is -6.32. The van der Waals surface area contributed by atoms with E-state index < -0.39 is 82.7 Å². The number of piperidine rings is 1. The molecule has 3 aliphatic rings. The largest absolute Gasteiger partial charge is 0.505 e. The number of hydrogen-bond donors (Lipinski definition) is 4. The molecule has 4 heterocycles. The van der Waals surface area contributed by atoms with Crippen LogP contribution in [0.4, 0.5) is 5.69 Å². The summed E-state index contributed by atoms with van der Waals surface area (Å²) in [5.41, 5.74) is -0.400. The number of likely N-dealkylation sites (tertiary alicyclic amines) is 1. The number of allylic oxidation sites excluding steroid dienone is 2. The Kier molecular flexibility index (Phi) is 14.0. The zero-order valence-electron chi connectivity index (χ0n) is 40.2. The molecule has 360 valence electrons. The molecule has 7 rings (SSSR count). The van der Waals surface area contributed by atoms with Crippen molar-refractivity contribution in [2.24, 2.45) is 29.6 Å². The van der Waals surface area contributed by atoms with Crippen molar-refractivity contribution in [3.8, 4) is 17.2 Å². The van der Waals surface area contributed by atoms with Gasteiger partial charge in [-0.15, -0.1) is 0 Å². The second-order valence-electron chi connectivity index (χ2n) is 19.5. The van der Waals surface area contributed by atoms with Crippen molar-refractivity contribution in [2.75, 3.05) is 46.2 Å². The highest BCUT2D eigenvalue weighted by molar-refractivity contribution is 6.26. The maximum Gasteiger partial charge on any atom is 0.312 e. The highest BCUT2D eigenvalue weighted by Gasteiger charge is 2.49. The number of nitrogens with one attached hydrogen (secondary N) is 1. The molecular weight excluding hydrogens is 863 g/mol. The predicted molar refractivity (Wildman–Crippen MR) is 252 cm³/mol. The smallest absolute Gasteiger partial charge is 0.312 e. The van der Waals surface area contributed by atoms with E-state index in [0.717, 1.165) is 30.4 Å². The topological polar surface area (TPSA) is 213 Å².